The van der Waals surface area contributed by atoms with Crippen molar-refractivity contribution in [1.29, 1.82) is 0 Å². The fourth-order valence-corrected chi connectivity index (χ4v) is 3.81. The second-order valence-electron chi connectivity index (χ2n) is 5.95. The van der Waals surface area contributed by atoms with Gasteiger partial charge in [0.1, 0.15) is 5.41 Å². The minimum absolute atomic E-state index is 0.149. The van der Waals surface area contributed by atoms with Crippen LogP contribution in [0.5, 0.6) is 0 Å². The van der Waals surface area contributed by atoms with Gasteiger partial charge < -0.3 is 9.47 Å². The van der Waals surface area contributed by atoms with Crippen LogP contribution in [0.4, 0.5) is 0 Å². The molecule has 20 heavy (non-hydrogen) atoms. The van der Waals surface area contributed by atoms with Crippen molar-refractivity contribution in [2.75, 3.05) is 13.7 Å². The van der Waals surface area contributed by atoms with E-state index >= 15 is 0 Å². The van der Waals surface area contributed by atoms with Gasteiger partial charge in [0, 0.05) is 12.8 Å². The molecule has 0 N–H and O–H groups in total. The molecule has 0 aromatic carbocycles. The molecule has 2 fully saturated rings. The largest absolute Gasteiger partial charge is 0.468 e. The Morgan fingerprint density at radius 1 is 1.30 bits per heavy atom. The van der Waals surface area contributed by atoms with E-state index in [1.807, 2.05) is 18.2 Å². The van der Waals surface area contributed by atoms with Crippen LogP contribution in [-0.2, 0) is 19.7 Å². The SMILES string of the molecule is COC(=O)C1(c2ccccn2)CCOC2(CCCC2)C1. The summed E-state index contributed by atoms with van der Waals surface area (Å²) in [6.45, 7) is 0.603. The first-order valence-corrected chi connectivity index (χ1v) is 7.35. The van der Waals surface area contributed by atoms with Crippen molar-refractivity contribution in [2.45, 2.75) is 49.5 Å². The van der Waals surface area contributed by atoms with Crippen LogP contribution in [0, 0.1) is 0 Å². The topological polar surface area (TPSA) is 48.4 Å². The van der Waals surface area contributed by atoms with Gasteiger partial charge in [0.2, 0.25) is 0 Å². The molecule has 1 aromatic heterocycles. The summed E-state index contributed by atoms with van der Waals surface area (Å²) in [6.07, 6.45) is 7.54. The van der Waals surface area contributed by atoms with Crippen molar-refractivity contribution < 1.29 is 14.3 Å². The van der Waals surface area contributed by atoms with Gasteiger partial charge in [-0.05, 0) is 37.8 Å². The highest BCUT2D eigenvalue weighted by Crippen LogP contribution is 2.48. The molecule has 0 bridgehead atoms. The van der Waals surface area contributed by atoms with Crippen LogP contribution >= 0.6 is 0 Å². The first-order valence-electron chi connectivity index (χ1n) is 7.35. The lowest BCUT2D eigenvalue weighted by molar-refractivity contribution is -0.163. The molecule has 1 atom stereocenters. The maximum absolute atomic E-state index is 12.5. The number of hydrogen-bond acceptors (Lipinski definition) is 4. The number of carbonyl (C=O) groups is 1. The lowest BCUT2D eigenvalue weighted by Crippen LogP contribution is -2.51. The fraction of sp³-hybridized carbons (Fsp3) is 0.625. The molecular weight excluding hydrogens is 254 g/mol. The van der Waals surface area contributed by atoms with Crippen LogP contribution < -0.4 is 0 Å². The average Bonchev–Trinajstić information content (AvgIpc) is 2.95. The summed E-state index contributed by atoms with van der Waals surface area (Å²) < 4.78 is 11.2. The summed E-state index contributed by atoms with van der Waals surface area (Å²) in [6, 6.07) is 5.74. The van der Waals surface area contributed by atoms with E-state index in [1.165, 1.54) is 20.0 Å². The molecule has 1 saturated carbocycles. The van der Waals surface area contributed by atoms with Gasteiger partial charge in [0.05, 0.1) is 18.4 Å². The van der Waals surface area contributed by atoms with Crippen molar-refractivity contribution in [2.24, 2.45) is 0 Å². The summed E-state index contributed by atoms with van der Waals surface area (Å²) >= 11 is 0. The van der Waals surface area contributed by atoms with Crippen LogP contribution in [0.25, 0.3) is 0 Å². The molecule has 1 aliphatic carbocycles. The number of aromatic nitrogens is 1. The maximum Gasteiger partial charge on any atom is 0.318 e. The van der Waals surface area contributed by atoms with Gasteiger partial charge in [-0.1, -0.05) is 18.9 Å². The van der Waals surface area contributed by atoms with Crippen molar-refractivity contribution in [3.05, 3.63) is 30.1 Å². The van der Waals surface area contributed by atoms with Crippen molar-refractivity contribution in [1.82, 2.24) is 4.98 Å². The first-order chi connectivity index (χ1) is 9.71. The molecule has 1 aromatic rings. The summed E-state index contributed by atoms with van der Waals surface area (Å²) in [5.41, 5.74) is 0.0316. The number of ether oxygens (including phenoxy) is 2. The zero-order valence-electron chi connectivity index (χ0n) is 11.9. The predicted molar refractivity (Wildman–Crippen MR) is 74.3 cm³/mol. The number of esters is 1. The third kappa shape index (κ3) is 2.12. The highest BCUT2D eigenvalue weighted by molar-refractivity contribution is 5.83. The fourth-order valence-electron chi connectivity index (χ4n) is 3.81. The third-order valence-corrected chi connectivity index (χ3v) is 4.81. The van der Waals surface area contributed by atoms with Crippen LogP contribution in [0.1, 0.15) is 44.2 Å². The Morgan fingerprint density at radius 3 is 2.75 bits per heavy atom. The van der Waals surface area contributed by atoms with Crippen molar-refractivity contribution in [3.63, 3.8) is 0 Å². The second-order valence-corrected chi connectivity index (χ2v) is 5.95. The highest BCUT2D eigenvalue weighted by Gasteiger charge is 2.53. The molecule has 1 saturated heterocycles. The molecule has 2 aliphatic rings. The van der Waals surface area contributed by atoms with E-state index in [1.54, 1.807) is 6.20 Å². The highest BCUT2D eigenvalue weighted by atomic mass is 16.5. The molecule has 2 heterocycles. The van der Waals surface area contributed by atoms with Gasteiger partial charge in [-0.15, -0.1) is 0 Å². The molecular formula is C16H21NO3. The minimum Gasteiger partial charge on any atom is -0.468 e. The molecule has 1 unspecified atom stereocenters. The summed E-state index contributed by atoms with van der Waals surface area (Å²) in [4.78, 5) is 17.0. The molecule has 1 spiro atoms. The third-order valence-electron chi connectivity index (χ3n) is 4.81. The standard InChI is InChI=1S/C16H21NO3/c1-19-14(18)16(13-6-2-5-10-17-13)9-11-20-15(12-16)7-3-4-8-15/h2,5-6,10H,3-4,7-9,11-12H2,1H3. The van der Waals surface area contributed by atoms with E-state index in [0.717, 1.165) is 18.5 Å². The Morgan fingerprint density at radius 2 is 2.10 bits per heavy atom. The lowest BCUT2D eigenvalue weighted by Gasteiger charge is -2.44. The number of nitrogens with zero attached hydrogens (tertiary/aromatic N) is 1. The Balaban J connectivity index is 2.00. The Labute approximate surface area is 119 Å². The second kappa shape index (κ2) is 5.17. The van der Waals surface area contributed by atoms with E-state index in [0.29, 0.717) is 19.4 Å². The van der Waals surface area contributed by atoms with Gasteiger partial charge in [-0.2, -0.15) is 0 Å². The maximum atomic E-state index is 12.5. The van der Waals surface area contributed by atoms with E-state index in [4.69, 9.17) is 9.47 Å². The monoisotopic (exact) mass is 275 g/mol. The van der Waals surface area contributed by atoms with E-state index in [-0.39, 0.29) is 11.6 Å². The smallest absolute Gasteiger partial charge is 0.318 e. The Kier molecular flexibility index (Phi) is 3.50. The van der Waals surface area contributed by atoms with Gasteiger partial charge in [-0.3, -0.25) is 9.78 Å². The van der Waals surface area contributed by atoms with E-state index in [9.17, 15) is 4.79 Å². The van der Waals surface area contributed by atoms with Crippen LogP contribution in [0.3, 0.4) is 0 Å². The van der Waals surface area contributed by atoms with Crippen LogP contribution in [-0.4, -0.2) is 30.3 Å². The van der Waals surface area contributed by atoms with Crippen LogP contribution in [0.15, 0.2) is 24.4 Å². The van der Waals surface area contributed by atoms with Crippen LogP contribution in [0.2, 0.25) is 0 Å². The van der Waals surface area contributed by atoms with E-state index < -0.39 is 5.41 Å². The summed E-state index contributed by atoms with van der Waals surface area (Å²) in [7, 11) is 1.46. The summed E-state index contributed by atoms with van der Waals surface area (Å²) in [5.74, 6) is -0.175. The van der Waals surface area contributed by atoms with Gasteiger partial charge in [0.15, 0.2) is 0 Å². The molecule has 0 amide bonds. The molecule has 4 heteroatoms. The molecule has 108 valence electrons. The first kappa shape index (κ1) is 13.6. The number of pyridine rings is 1. The van der Waals surface area contributed by atoms with Gasteiger partial charge in [-0.25, -0.2) is 0 Å². The van der Waals surface area contributed by atoms with Gasteiger partial charge in [0.25, 0.3) is 0 Å². The number of hydrogen-bond donors (Lipinski definition) is 0. The zero-order valence-corrected chi connectivity index (χ0v) is 11.9. The van der Waals surface area contributed by atoms with E-state index in [2.05, 4.69) is 4.98 Å². The predicted octanol–water partition coefficient (Wildman–Crippen LogP) is 2.62. The Hall–Kier alpha value is -1.42. The number of methoxy groups -OCH3 is 1. The quantitative estimate of drug-likeness (QED) is 0.778. The van der Waals surface area contributed by atoms with Gasteiger partial charge >= 0.3 is 5.97 Å². The zero-order chi connectivity index (χ0) is 14.1. The molecule has 3 rings (SSSR count). The normalized spacial score (nSPS) is 28.4. The summed E-state index contributed by atoms with van der Waals surface area (Å²) in [5, 5.41) is 0. The number of carbonyl (C=O) groups excluding carboxylic acids is 1. The Bertz CT molecular complexity index is 482. The molecule has 4 nitrogen and oxygen atoms in total. The minimum atomic E-state index is -0.640. The number of rotatable bonds is 2. The average molecular weight is 275 g/mol. The molecule has 1 aliphatic heterocycles. The lowest BCUT2D eigenvalue weighted by atomic mass is 9.70. The molecule has 0 radical (unpaired) electrons. The van der Waals surface area contributed by atoms with Crippen molar-refractivity contribution in [3.8, 4) is 0 Å². The van der Waals surface area contributed by atoms with Crippen molar-refractivity contribution >= 4 is 5.97 Å².